The van der Waals surface area contributed by atoms with Gasteiger partial charge < -0.3 is 10.1 Å². The molecule has 3 rings (SSSR count). The molecule has 0 fully saturated rings. The number of hydrogen-bond acceptors (Lipinski definition) is 6. The van der Waals surface area contributed by atoms with E-state index in [2.05, 4.69) is 30.6 Å². The number of fused-ring (bicyclic) bond motifs is 1. The highest BCUT2D eigenvalue weighted by Gasteiger charge is 2.13. The molecule has 0 aliphatic heterocycles. The maximum atomic E-state index is 5.79. The first-order valence-corrected chi connectivity index (χ1v) is 5.74. The molecule has 0 saturated carbocycles. The Labute approximate surface area is 108 Å². The molecule has 19 heavy (non-hydrogen) atoms. The number of nitrogens with one attached hydrogen (secondary N) is 2. The van der Waals surface area contributed by atoms with Crippen LogP contribution in [-0.2, 0) is 7.05 Å². The van der Waals surface area contributed by atoms with Gasteiger partial charge in [0.15, 0.2) is 5.65 Å². The smallest absolute Gasteiger partial charge is 0.237 e. The predicted molar refractivity (Wildman–Crippen MR) is 69.2 cm³/mol. The summed E-state index contributed by atoms with van der Waals surface area (Å²) in [5, 5.41) is 14.6. The van der Waals surface area contributed by atoms with Crippen LogP contribution < -0.4 is 10.1 Å². The monoisotopic (exact) mass is 259 g/mol. The van der Waals surface area contributed by atoms with Crippen LogP contribution >= 0.6 is 0 Å². The number of anilines is 1. The van der Waals surface area contributed by atoms with Crippen LogP contribution in [0.15, 0.2) is 12.3 Å². The van der Waals surface area contributed by atoms with Gasteiger partial charge in [0.1, 0.15) is 5.39 Å². The fraction of sp³-hybridized carbons (Fsp3) is 0.273. The first-order chi connectivity index (χ1) is 9.17. The summed E-state index contributed by atoms with van der Waals surface area (Å²) in [7, 11) is 3.56. The summed E-state index contributed by atoms with van der Waals surface area (Å²) in [6, 6.07) is 1.84. The van der Waals surface area contributed by atoms with Crippen molar-refractivity contribution in [1.82, 2.24) is 29.9 Å². The Morgan fingerprint density at radius 2 is 2.21 bits per heavy atom. The lowest BCUT2D eigenvalue weighted by Gasteiger charge is -2.06. The van der Waals surface area contributed by atoms with Crippen LogP contribution in [0.5, 0.6) is 11.8 Å². The molecule has 0 aromatic carbocycles. The number of hydrogen-bond donors (Lipinski definition) is 2. The number of H-pyrrole nitrogens is 1. The lowest BCUT2D eigenvalue weighted by Crippen LogP contribution is -2.01. The summed E-state index contributed by atoms with van der Waals surface area (Å²) in [6.07, 6.45) is 1.63. The minimum atomic E-state index is 0.436. The Morgan fingerprint density at radius 1 is 1.37 bits per heavy atom. The van der Waals surface area contributed by atoms with Crippen molar-refractivity contribution >= 4 is 17.0 Å². The van der Waals surface area contributed by atoms with Gasteiger partial charge in [0, 0.05) is 20.2 Å². The van der Waals surface area contributed by atoms with Gasteiger partial charge in [0.05, 0.1) is 11.9 Å². The zero-order chi connectivity index (χ0) is 13.4. The van der Waals surface area contributed by atoms with Crippen molar-refractivity contribution in [3.8, 4) is 11.8 Å². The second-order valence-electron chi connectivity index (χ2n) is 4.08. The van der Waals surface area contributed by atoms with Gasteiger partial charge in [-0.3, -0.25) is 5.10 Å². The molecule has 2 N–H and O–H groups in total. The van der Waals surface area contributed by atoms with Crippen LogP contribution in [0.1, 0.15) is 5.69 Å². The van der Waals surface area contributed by atoms with Crippen LogP contribution in [0.4, 0.5) is 5.95 Å². The molecular formula is C11H13N7O. The number of nitrogens with zero attached hydrogens (tertiary/aromatic N) is 5. The zero-order valence-corrected chi connectivity index (χ0v) is 10.8. The van der Waals surface area contributed by atoms with Crippen molar-refractivity contribution in [2.45, 2.75) is 6.92 Å². The van der Waals surface area contributed by atoms with Gasteiger partial charge in [-0.1, -0.05) is 0 Å². The molecule has 0 spiro atoms. The maximum absolute atomic E-state index is 5.79. The average molecular weight is 259 g/mol. The standard InChI is InChI=1S/C11H13N7O/c1-6-4-8(18(3)17-6)19-10-7-5-13-16-9(7)14-11(12-2)15-10/h4-5H,1-3H3,(H2,12,13,14,15,16). The second-order valence-corrected chi connectivity index (χ2v) is 4.08. The average Bonchev–Trinajstić information content (AvgIpc) is 2.96. The summed E-state index contributed by atoms with van der Waals surface area (Å²) < 4.78 is 7.45. The molecule has 3 heterocycles. The zero-order valence-electron chi connectivity index (χ0n) is 10.8. The molecule has 0 aliphatic rings. The molecule has 3 aromatic heterocycles. The fourth-order valence-corrected chi connectivity index (χ4v) is 1.78. The number of ether oxygens (including phenoxy) is 1. The summed E-state index contributed by atoms with van der Waals surface area (Å²) in [4.78, 5) is 8.53. The molecule has 98 valence electrons. The fourth-order valence-electron chi connectivity index (χ4n) is 1.78. The molecule has 8 nitrogen and oxygen atoms in total. The second kappa shape index (κ2) is 4.23. The molecule has 0 amide bonds. The lowest BCUT2D eigenvalue weighted by molar-refractivity contribution is 0.420. The molecule has 0 unspecified atom stereocenters. The van der Waals surface area contributed by atoms with E-state index in [4.69, 9.17) is 4.74 Å². The number of aromatic amines is 1. The van der Waals surface area contributed by atoms with E-state index in [1.54, 1.807) is 17.9 Å². The Bertz CT molecular complexity index is 730. The van der Waals surface area contributed by atoms with Gasteiger partial charge in [0.2, 0.25) is 17.7 Å². The first-order valence-electron chi connectivity index (χ1n) is 5.74. The summed E-state index contributed by atoms with van der Waals surface area (Å²) in [6.45, 7) is 1.90. The normalized spacial score (nSPS) is 10.9. The number of aromatic nitrogens is 6. The highest BCUT2D eigenvalue weighted by molar-refractivity contribution is 5.80. The van der Waals surface area contributed by atoms with Crippen LogP contribution in [0.2, 0.25) is 0 Å². The van der Waals surface area contributed by atoms with Gasteiger partial charge in [0.25, 0.3) is 0 Å². The minimum absolute atomic E-state index is 0.436. The van der Waals surface area contributed by atoms with Gasteiger partial charge >= 0.3 is 0 Å². The van der Waals surface area contributed by atoms with Gasteiger partial charge in [-0.05, 0) is 6.92 Å². The van der Waals surface area contributed by atoms with E-state index in [1.807, 2.05) is 20.0 Å². The van der Waals surface area contributed by atoms with Gasteiger partial charge in [-0.25, -0.2) is 4.68 Å². The molecule has 8 heteroatoms. The molecule has 3 aromatic rings. The van der Waals surface area contributed by atoms with Crippen molar-refractivity contribution in [1.29, 1.82) is 0 Å². The van der Waals surface area contributed by atoms with Gasteiger partial charge in [-0.2, -0.15) is 20.2 Å². The third-order valence-corrected chi connectivity index (χ3v) is 2.66. The van der Waals surface area contributed by atoms with Crippen molar-refractivity contribution in [2.24, 2.45) is 7.05 Å². The van der Waals surface area contributed by atoms with E-state index in [1.165, 1.54) is 0 Å². The quantitative estimate of drug-likeness (QED) is 0.734. The molecule has 0 atom stereocenters. The third-order valence-electron chi connectivity index (χ3n) is 2.66. The van der Waals surface area contributed by atoms with E-state index in [-0.39, 0.29) is 0 Å². The minimum Gasteiger partial charge on any atom is -0.420 e. The predicted octanol–water partition coefficient (Wildman–Crippen LogP) is 1.23. The van der Waals surface area contributed by atoms with Crippen molar-refractivity contribution < 1.29 is 4.74 Å². The number of rotatable bonds is 3. The topological polar surface area (TPSA) is 93.5 Å². The number of aryl methyl sites for hydroxylation is 2. The van der Waals surface area contributed by atoms with E-state index in [0.717, 1.165) is 11.1 Å². The largest absolute Gasteiger partial charge is 0.420 e. The van der Waals surface area contributed by atoms with Crippen molar-refractivity contribution in [3.63, 3.8) is 0 Å². The Kier molecular flexibility index (Phi) is 2.55. The maximum Gasteiger partial charge on any atom is 0.237 e. The Balaban J connectivity index is 2.08. The lowest BCUT2D eigenvalue weighted by atomic mass is 10.4. The molecule has 0 saturated heterocycles. The summed E-state index contributed by atoms with van der Waals surface area (Å²) in [5.41, 5.74) is 1.50. The van der Waals surface area contributed by atoms with E-state index in [9.17, 15) is 0 Å². The first kappa shape index (κ1) is 11.5. The SMILES string of the molecule is CNc1nc(Oc2cc(C)nn2C)c2cn[nH]c2n1. The van der Waals surface area contributed by atoms with Crippen LogP contribution in [0.25, 0.3) is 11.0 Å². The van der Waals surface area contributed by atoms with Crippen LogP contribution in [-0.4, -0.2) is 37.0 Å². The molecule has 0 radical (unpaired) electrons. The summed E-state index contributed by atoms with van der Waals surface area (Å²) >= 11 is 0. The van der Waals surface area contributed by atoms with E-state index >= 15 is 0 Å². The Hall–Kier alpha value is -2.64. The van der Waals surface area contributed by atoms with E-state index in [0.29, 0.717) is 23.4 Å². The highest BCUT2D eigenvalue weighted by atomic mass is 16.5. The molecular weight excluding hydrogens is 246 g/mol. The third kappa shape index (κ3) is 1.96. The van der Waals surface area contributed by atoms with E-state index < -0.39 is 0 Å². The highest BCUT2D eigenvalue weighted by Crippen LogP contribution is 2.27. The van der Waals surface area contributed by atoms with Crippen molar-refractivity contribution in [3.05, 3.63) is 18.0 Å². The van der Waals surface area contributed by atoms with Crippen molar-refractivity contribution in [2.75, 3.05) is 12.4 Å². The van der Waals surface area contributed by atoms with Crippen LogP contribution in [0, 0.1) is 6.92 Å². The molecule has 0 aliphatic carbocycles. The summed E-state index contributed by atoms with van der Waals surface area (Å²) in [5.74, 6) is 1.51. The van der Waals surface area contributed by atoms with Gasteiger partial charge in [-0.15, -0.1) is 0 Å². The Morgan fingerprint density at radius 3 is 2.89 bits per heavy atom. The molecule has 0 bridgehead atoms. The van der Waals surface area contributed by atoms with Crippen LogP contribution in [0.3, 0.4) is 0 Å².